The lowest BCUT2D eigenvalue weighted by molar-refractivity contribution is 0.504. The Morgan fingerprint density at radius 1 is 1.14 bits per heavy atom. The highest BCUT2D eigenvalue weighted by Gasteiger charge is 2.21. The first kappa shape index (κ1) is 14.2. The fraction of sp³-hybridized carbons (Fsp3) is 0.125. The highest BCUT2D eigenvalue weighted by atomic mass is 79.9. The van der Waals surface area contributed by atoms with Gasteiger partial charge in [-0.1, -0.05) is 15.9 Å². The molecule has 21 heavy (non-hydrogen) atoms. The maximum absolute atomic E-state index is 14.0. The number of hydrogen-bond donors (Lipinski definition) is 1. The van der Waals surface area contributed by atoms with Crippen molar-refractivity contribution in [2.24, 2.45) is 5.73 Å². The van der Waals surface area contributed by atoms with E-state index in [-0.39, 0.29) is 5.82 Å². The van der Waals surface area contributed by atoms with Gasteiger partial charge in [0.2, 0.25) is 0 Å². The van der Waals surface area contributed by atoms with Gasteiger partial charge in [-0.3, -0.25) is 0 Å². The Bertz CT molecular complexity index is 829. The van der Waals surface area contributed by atoms with Crippen LogP contribution in [0.25, 0.3) is 11.0 Å². The van der Waals surface area contributed by atoms with E-state index >= 15 is 0 Å². The van der Waals surface area contributed by atoms with Gasteiger partial charge in [-0.2, -0.15) is 0 Å². The summed E-state index contributed by atoms with van der Waals surface area (Å²) in [5.41, 5.74) is 7.67. The van der Waals surface area contributed by atoms with Crippen LogP contribution in [-0.2, 0) is 0 Å². The first-order chi connectivity index (χ1) is 9.97. The van der Waals surface area contributed by atoms with Crippen LogP contribution >= 0.6 is 15.9 Å². The average molecular weight is 352 g/mol. The van der Waals surface area contributed by atoms with Crippen molar-refractivity contribution >= 4 is 26.9 Å². The molecular weight excluding hydrogens is 340 g/mol. The van der Waals surface area contributed by atoms with E-state index in [1.54, 1.807) is 18.2 Å². The second-order valence-electron chi connectivity index (χ2n) is 4.88. The van der Waals surface area contributed by atoms with Crippen LogP contribution in [0.15, 0.2) is 45.3 Å². The van der Waals surface area contributed by atoms with Crippen LogP contribution in [0, 0.1) is 18.6 Å². The molecule has 0 aliphatic carbocycles. The number of hydrogen-bond acceptors (Lipinski definition) is 2. The minimum absolute atomic E-state index is 0.326. The van der Waals surface area contributed by atoms with E-state index in [2.05, 4.69) is 15.9 Å². The molecule has 0 fully saturated rings. The SMILES string of the molecule is Cc1c(C(N)c2cc(Br)ccc2F)oc2cc(F)ccc12. The van der Waals surface area contributed by atoms with E-state index in [1.807, 2.05) is 6.92 Å². The van der Waals surface area contributed by atoms with E-state index in [0.717, 1.165) is 15.4 Å². The van der Waals surface area contributed by atoms with Gasteiger partial charge in [0.25, 0.3) is 0 Å². The lowest BCUT2D eigenvalue weighted by atomic mass is 10.0. The van der Waals surface area contributed by atoms with Crippen LogP contribution in [0.4, 0.5) is 8.78 Å². The molecule has 1 heterocycles. The van der Waals surface area contributed by atoms with Gasteiger partial charge in [-0.25, -0.2) is 8.78 Å². The summed E-state index contributed by atoms with van der Waals surface area (Å²) in [7, 11) is 0. The van der Waals surface area contributed by atoms with Crippen molar-refractivity contribution in [1.29, 1.82) is 0 Å². The molecule has 3 aromatic rings. The van der Waals surface area contributed by atoms with Crippen molar-refractivity contribution in [1.82, 2.24) is 0 Å². The highest BCUT2D eigenvalue weighted by molar-refractivity contribution is 9.10. The van der Waals surface area contributed by atoms with Gasteiger partial charge in [0.15, 0.2) is 0 Å². The number of halogens is 3. The van der Waals surface area contributed by atoms with Crippen molar-refractivity contribution in [3.8, 4) is 0 Å². The van der Waals surface area contributed by atoms with Crippen LogP contribution in [0.2, 0.25) is 0 Å². The molecule has 2 aromatic carbocycles. The van der Waals surface area contributed by atoms with Crippen molar-refractivity contribution < 1.29 is 13.2 Å². The number of rotatable bonds is 2. The molecule has 1 aromatic heterocycles. The number of furan rings is 1. The van der Waals surface area contributed by atoms with Crippen LogP contribution < -0.4 is 5.73 Å². The number of nitrogens with two attached hydrogens (primary N) is 1. The van der Waals surface area contributed by atoms with Gasteiger partial charge >= 0.3 is 0 Å². The molecule has 0 amide bonds. The lowest BCUT2D eigenvalue weighted by Gasteiger charge is -2.12. The summed E-state index contributed by atoms with van der Waals surface area (Å²) < 4.78 is 33.6. The lowest BCUT2D eigenvalue weighted by Crippen LogP contribution is -2.14. The Kier molecular flexibility index (Phi) is 3.55. The zero-order chi connectivity index (χ0) is 15.1. The molecule has 0 aliphatic rings. The third-order valence-electron chi connectivity index (χ3n) is 3.51. The summed E-state index contributed by atoms with van der Waals surface area (Å²) >= 11 is 3.30. The van der Waals surface area contributed by atoms with Gasteiger partial charge in [-0.15, -0.1) is 0 Å². The molecule has 0 spiro atoms. The normalized spacial score (nSPS) is 12.8. The summed E-state index contributed by atoms with van der Waals surface area (Å²) in [6.07, 6.45) is 0. The molecule has 1 atom stereocenters. The van der Waals surface area contributed by atoms with E-state index < -0.39 is 11.9 Å². The number of fused-ring (bicyclic) bond motifs is 1. The third-order valence-corrected chi connectivity index (χ3v) is 4.01. The second kappa shape index (κ2) is 5.24. The monoisotopic (exact) mass is 351 g/mol. The zero-order valence-corrected chi connectivity index (χ0v) is 12.7. The Morgan fingerprint density at radius 3 is 2.67 bits per heavy atom. The van der Waals surface area contributed by atoms with E-state index in [9.17, 15) is 8.78 Å². The van der Waals surface area contributed by atoms with Gasteiger partial charge < -0.3 is 10.2 Å². The topological polar surface area (TPSA) is 39.2 Å². The minimum Gasteiger partial charge on any atom is -0.459 e. The van der Waals surface area contributed by atoms with Crippen LogP contribution in [0.5, 0.6) is 0 Å². The first-order valence-electron chi connectivity index (χ1n) is 6.36. The molecule has 1 unspecified atom stereocenters. The van der Waals surface area contributed by atoms with Crippen LogP contribution in [0.3, 0.4) is 0 Å². The van der Waals surface area contributed by atoms with E-state index in [4.69, 9.17) is 10.2 Å². The van der Waals surface area contributed by atoms with Crippen LogP contribution in [0.1, 0.15) is 22.9 Å². The molecular formula is C16H12BrF2NO. The quantitative estimate of drug-likeness (QED) is 0.718. The third kappa shape index (κ3) is 2.47. The number of aryl methyl sites for hydroxylation is 1. The molecule has 0 aliphatic heterocycles. The Balaban J connectivity index is 2.15. The molecule has 0 saturated carbocycles. The van der Waals surface area contributed by atoms with Crippen molar-refractivity contribution in [3.63, 3.8) is 0 Å². The van der Waals surface area contributed by atoms with Crippen molar-refractivity contribution in [2.45, 2.75) is 13.0 Å². The molecule has 3 rings (SSSR count). The van der Waals surface area contributed by atoms with E-state index in [1.165, 1.54) is 18.2 Å². The number of benzene rings is 2. The van der Waals surface area contributed by atoms with Crippen molar-refractivity contribution in [3.05, 3.63) is 69.4 Å². The van der Waals surface area contributed by atoms with Crippen LogP contribution in [-0.4, -0.2) is 0 Å². The second-order valence-corrected chi connectivity index (χ2v) is 5.79. The largest absolute Gasteiger partial charge is 0.459 e. The molecule has 0 saturated heterocycles. The minimum atomic E-state index is -0.752. The summed E-state index contributed by atoms with van der Waals surface area (Å²) in [5, 5.41) is 0.775. The van der Waals surface area contributed by atoms with Gasteiger partial charge in [0.1, 0.15) is 23.0 Å². The Morgan fingerprint density at radius 2 is 1.90 bits per heavy atom. The highest BCUT2D eigenvalue weighted by Crippen LogP contribution is 2.33. The molecule has 108 valence electrons. The average Bonchev–Trinajstić information content (AvgIpc) is 2.77. The molecule has 0 bridgehead atoms. The maximum atomic E-state index is 14.0. The molecule has 2 nitrogen and oxygen atoms in total. The summed E-state index contributed by atoms with van der Waals surface area (Å²) in [4.78, 5) is 0. The van der Waals surface area contributed by atoms with Gasteiger partial charge in [0, 0.05) is 27.1 Å². The predicted molar refractivity (Wildman–Crippen MR) is 81.0 cm³/mol. The van der Waals surface area contributed by atoms with Crippen molar-refractivity contribution in [2.75, 3.05) is 0 Å². The van der Waals surface area contributed by atoms with Gasteiger partial charge in [-0.05, 0) is 37.3 Å². The fourth-order valence-electron chi connectivity index (χ4n) is 2.41. The predicted octanol–water partition coefficient (Wildman–Crippen LogP) is 4.83. The smallest absolute Gasteiger partial charge is 0.137 e. The summed E-state index contributed by atoms with van der Waals surface area (Å²) in [6, 6.07) is 8.11. The standard InChI is InChI=1S/C16H12BrF2NO/c1-8-11-4-3-10(18)7-14(11)21-16(8)15(20)12-6-9(17)2-5-13(12)19/h2-7,15H,20H2,1H3. The Labute approximate surface area is 128 Å². The Hall–Kier alpha value is -1.72. The van der Waals surface area contributed by atoms with Gasteiger partial charge in [0.05, 0.1) is 6.04 Å². The first-order valence-corrected chi connectivity index (χ1v) is 7.15. The molecule has 0 radical (unpaired) electrons. The summed E-state index contributed by atoms with van der Waals surface area (Å²) in [5.74, 6) is -0.352. The zero-order valence-electron chi connectivity index (χ0n) is 11.2. The summed E-state index contributed by atoms with van der Waals surface area (Å²) in [6.45, 7) is 1.83. The fourth-order valence-corrected chi connectivity index (χ4v) is 2.79. The molecule has 2 N–H and O–H groups in total. The van der Waals surface area contributed by atoms with E-state index in [0.29, 0.717) is 16.9 Å². The maximum Gasteiger partial charge on any atom is 0.137 e. The molecule has 5 heteroatoms.